The van der Waals surface area contributed by atoms with Gasteiger partial charge in [-0.3, -0.25) is 9.69 Å². The zero-order valence-electron chi connectivity index (χ0n) is 12.4. The maximum atomic E-state index is 12.3. The number of carbonyl (C=O) groups excluding carboxylic acids is 1. The number of piperidine rings is 1. The second kappa shape index (κ2) is 6.59. The van der Waals surface area contributed by atoms with E-state index in [2.05, 4.69) is 24.1 Å². The molecule has 0 saturated carbocycles. The molecule has 1 N–H and O–H groups in total. The third-order valence-electron chi connectivity index (χ3n) is 4.19. The molecule has 1 heterocycles. The highest BCUT2D eigenvalue weighted by Gasteiger charge is 2.26. The van der Waals surface area contributed by atoms with Gasteiger partial charge in [-0.25, -0.2) is 0 Å². The lowest BCUT2D eigenvalue weighted by molar-refractivity contribution is -0.118. The molecule has 0 bridgehead atoms. The smallest absolute Gasteiger partial charge is 0.238 e. The van der Waals surface area contributed by atoms with Crippen molar-refractivity contribution in [3.63, 3.8) is 0 Å². The lowest BCUT2D eigenvalue weighted by atomic mass is 9.97. The summed E-state index contributed by atoms with van der Waals surface area (Å²) >= 11 is 6.15. The Morgan fingerprint density at radius 1 is 1.35 bits per heavy atom. The summed E-state index contributed by atoms with van der Waals surface area (Å²) in [5, 5.41) is 3.55. The van der Waals surface area contributed by atoms with Crippen LogP contribution in [-0.2, 0) is 4.79 Å². The summed E-state index contributed by atoms with van der Waals surface area (Å²) < 4.78 is 0. The Labute approximate surface area is 126 Å². The Morgan fingerprint density at radius 2 is 2.00 bits per heavy atom. The van der Waals surface area contributed by atoms with E-state index in [1.165, 1.54) is 19.3 Å². The van der Waals surface area contributed by atoms with Gasteiger partial charge < -0.3 is 5.32 Å². The van der Waals surface area contributed by atoms with Crippen molar-refractivity contribution in [2.75, 3.05) is 11.9 Å². The number of hydrogen-bond donors (Lipinski definition) is 1. The second-order valence-corrected chi connectivity index (χ2v) is 6.19. The van der Waals surface area contributed by atoms with Crippen molar-refractivity contribution >= 4 is 23.2 Å². The van der Waals surface area contributed by atoms with E-state index in [1.807, 2.05) is 19.1 Å². The van der Waals surface area contributed by atoms with E-state index in [1.54, 1.807) is 6.07 Å². The molecule has 0 unspecified atom stereocenters. The highest BCUT2D eigenvalue weighted by atomic mass is 35.5. The van der Waals surface area contributed by atoms with Crippen LogP contribution in [0.5, 0.6) is 0 Å². The van der Waals surface area contributed by atoms with E-state index in [9.17, 15) is 4.79 Å². The molecule has 1 amide bonds. The summed E-state index contributed by atoms with van der Waals surface area (Å²) in [6, 6.07) is 6.58. The van der Waals surface area contributed by atoms with Crippen LogP contribution in [0, 0.1) is 6.92 Å². The largest absolute Gasteiger partial charge is 0.323 e. The molecule has 0 aliphatic carbocycles. The van der Waals surface area contributed by atoms with Crippen molar-refractivity contribution in [2.45, 2.75) is 52.1 Å². The topological polar surface area (TPSA) is 32.3 Å². The lowest BCUT2D eigenvalue weighted by Crippen LogP contribution is -2.47. The number of benzene rings is 1. The average molecular weight is 295 g/mol. The number of rotatable bonds is 3. The van der Waals surface area contributed by atoms with E-state index in [0.29, 0.717) is 23.7 Å². The summed E-state index contributed by atoms with van der Waals surface area (Å²) in [6.07, 6.45) is 3.59. The molecule has 1 aromatic rings. The van der Waals surface area contributed by atoms with E-state index in [-0.39, 0.29) is 5.91 Å². The van der Waals surface area contributed by atoms with Crippen molar-refractivity contribution in [1.29, 1.82) is 0 Å². The highest BCUT2D eigenvalue weighted by Crippen LogP contribution is 2.26. The van der Waals surface area contributed by atoms with Gasteiger partial charge in [0.05, 0.1) is 17.3 Å². The number of nitrogens with one attached hydrogen (secondary N) is 1. The monoisotopic (exact) mass is 294 g/mol. The van der Waals surface area contributed by atoms with Gasteiger partial charge >= 0.3 is 0 Å². The van der Waals surface area contributed by atoms with Gasteiger partial charge in [0.2, 0.25) is 5.91 Å². The molecule has 2 atom stereocenters. The molecule has 1 fully saturated rings. The fraction of sp³-hybridized carbons (Fsp3) is 0.562. The fourth-order valence-electron chi connectivity index (χ4n) is 2.92. The van der Waals surface area contributed by atoms with Crippen molar-refractivity contribution < 1.29 is 4.79 Å². The summed E-state index contributed by atoms with van der Waals surface area (Å²) in [5.41, 5.74) is 1.72. The Kier molecular flexibility index (Phi) is 5.06. The fourth-order valence-corrected chi connectivity index (χ4v) is 3.19. The number of hydrogen-bond acceptors (Lipinski definition) is 2. The first-order valence-corrected chi connectivity index (χ1v) is 7.67. The summed E-state index contributed by atoms with van der Waals surface area (Å²) in [6.45, 7) is 6.79. The number of carbonyl (C=O) groups is 1. The van der Waals surface area contributed by atoms with Crippen LogP contribution < -0.4 is 5.32 Å². The normalized spacial score (nSPS) is 23.6. The Morgan fingerprint density at radius 3 is 2.60 bits per heavy atom. The van der Waals surface area contributed by atoms with E-state index >= 15 is 0 Å². The van der Waals surface area contributed by atoms with Gasteiger partial charge in [-0.2, -0.15) is 0 Å². The SMILES string of the molecule is Cc1cccc(Cl)c1NC(=O)CN1[C@@H](C)CCC[C@@H]1C. The average Bonchev–Trinajstić information content (AvgIpc) is 2.39. The predicted molar refractivity (Wildman–Crippen MR) is 84.3 cm³/mol. The lowest BCUT2D eigenvalue weighted by Gasteiger charge is -2.38. The minimum atomic E-state index is 0.0156. The molecule has 1 aliphatic heterocycles. The summed E-state index contributed by atoms with van der Waals surface area (Å²) in [4.78, 5) is 14.5. The number of likely N-dealkylation sites (tertiary alicyclic amines) is 1. The number of amides is 1. The van der Waals surface area contributed by atoms with Crippen LogP contribution >= 0.6 is 11.6 Å². The Balaban J connectivity index is 2.02. The van der Waals surface area contributed by atoms with Crippen LogP contribution in [0.3, 0.4) is 0 Å². The number of aryl methyl sites for hydroxylation is 1. The molecular weight excluding hydrogens is 272 g/mol. The van der Waals surface area contributed by atoms with Gasteiger partial charge in [-0.1, -0.05) is 30.2 Å². The number of anilines is 1. The summed E-state index contributed by atoms with van der Waals surface area (Å²) in [7, 11) is 0. The maximum absolute atomic E-state index is 12.3. The zero-order valence-corrected chi connectivity index (χ0v) is 13.2. The molecule has 2 rings (SSSR count). The minimum Gasteiger partial charge on any atom is -0.323 e. The number of para-hydroxylation sites is 1. The van der Waals surface area contributed by atoms with Crippen LogP contribution in [-0.4, -0.2) is 29.4 Å². The maximum Gasteiger partial charge on any atom is 0.238 e. The van der Waals surface area contributed by atoms with Crippen LogP contribution in [0.2, 0.25) is 5.02 Å². The number of nitrogens with zero attached hydrogens (tertiary/aromatic N) is 1. The first-order valence-electron chi connectivity index (χ1n) is 7.29. The van der Waals surface area contributed by atoms with Crippen LogP contribution in [0.4, 0.5) is 5.69 Å². The van der Waals surface area contributed by atoms with E-state index in [4.69, 9.17) is 11.6 Å². The molecule has 0 aromatic heterocycles. The standard InChI is InChI=1S/C16H23ClN2O/c1-11-6-4-9-14(17)16(11)18-15(20)10-19-12(2)7-5-8-13(19)3/h4,6,9,12-13H,5,7-8,10H2,1-3H3,(H,18,20)/t12-,13-/m0/s1. The third-order valence-corrected chi connectivity index (χ3v) is 4.50. The molecule has 3 nitrogen and oxygen atoms in total. The van der Waals surface area contributed by atoms with Crippen molar-refractivity contribution in [1.82, 2.24) is 4.90 Å². The van der Waals surface area contributed by atoms with E-state index < -0.39 is 0 Å². The predicted octanol–water partition coefficient (Wildman–Crippen LogP) is 3.85. The van der Waals surface area contributed by atoms with Crippen molar-refractivity contribution in [2.24, 2.45) is 0 Å². The first kappa shape index (κ1) is 15.3. The number of halogens is 1. The van der Waals surface area contributed by atoms with Gasteiger partial charge in [0, 0.05) is 12.1 Å². The second-order valence-electron chi connectivity index (χ2n) is 5.78. The Hall–Kier alpha value is -1.06. The quantitative estimate of drug-likeness (QED) is 0.918. The van der Waals surface area contributed by atoms with Crippen molar-refractivity contribution in [3.8, 4) is 0 Å². The molecule has 1 aliphatic rings. The summed E-state index contributed by atoms with van der Waals surface area (Å²) in [5.74, 6) is 0.0156. The minimum absolute atomic E-state index is 0.0156. The van der Waals surface area contributed by atoms with Gasteiger partial charge in [-0.05, 0) is 45.2 Å². The van der Waals surface area contributed by atoms with Crippen LogP contribution in [0.15, 0.2) is 18.2 Å². The molecule has 0 spiro atoms. The van der Waals surface area contributed by atoms with Crippen LogP contribution in [0.1, 0.15) is 38.7 Å². The first-order chi connectivity index (χ1) is 9.49. The Bertz CT molecular complexity index is 459. The molecule has 1 aromatic carbocycles. The molecule has 0 radical (unpaired) electrons. The van der Waals surface area contributed by atoms with Gasteiger partial charge in [0.25, 0.3) is 0 Å². The molecule has 20 heavy (non-hydrogen) atoms. The van der Waals surface area contributed by atoms with Crippen LogP contribution in [0.25, 0.3) is 0 Å². The van der Waals surface area contributed by atoms with Crippen molar-refractivity contribution in [3.05, 3.63) is 28.8 Å². The molecule has 1 saturated heterocycles. The molecule has 110 valence electrons. The molecule has 4 heteroatoms. The van der Waals surface area contributed by atoms with E-state index in [0.717, 1.165) is 11.3 Å². The van der Waals surface area contributed by atoms with Gasteiger partial charge in [0.1, 0.15) is 0 Å². The third kappa shape index (κ3) is 3.53. The highest BCUT2D eigenvalue weighted by molar-refractivity contribution is 6.33. The van der Waals surface area contributed by atoms with Gasteiger partial charge in [-0.15, -0.1) is 0 Å². The molecular formula is C16H23ClN2O. The zero-order chi connectivity index (χ0) is 14.7. The van der Waals surface area contributed by atoms with Gasteiger partial charge in [0.15, 0.2) is 0 Å².